The zero-order valence-electron chi connectivity index (χ0n) is 4.70. The van der Waals surface area contributed by atoms with Crippen LogP contribution in [0, 0.1) is 0 Å². The third-order valence-electron chi connectivity index (χ3n) is 1.20. The maximum Gasteiger partial charge on any atom is 0.0198 e. The maximum absolute atomic E-state index is 3.21. The maximum atomic E-state index is 3.21. The van der Waals surface area contributed by atoms with Gasteiger partial charge in [-0.15, -0.1) is 0 Å². The smallest absolute Gasteiger partial charge is 0.0198 e. The Morgan fingerprint density at radius 3 is 2.71 bits per heavy atom. The van der Waals surface area contributed by atoms with Gasteiger partial charge in [-0.2, -0.15) is 0 Å². The minimum absolute atomic E-state index is 1.17. The SMILES string of the molecule is CC/C=C1\CCN1. The van der Waals surface area contributed by atoms with Crippen LogP contribution in [0.4, 0.5) is 0 Å². The number of allylic oxidation sites excluding steroid dienone is 1. The van der Waals surface area contributed by atoms with Gasteiger partial charge >= 0.3 is 0 Å². The van der Waals surface area contributed by atoms with Crippen molar-refractivity contribution >= 4 is 0 Å². The molecule has 0 amide bonds. The minimum Gasteiger partial charge on any atom is -0.388 e. The van der Waals surface area contributed by atoms with E-state index in [1.54, 1.807) is 0 Å². The molecular formula is C6H11N. The van der Waals surface area contributed by atoms with Crippen LogP contribution in [-0.2, 0) is 0 Å². The van der Waals surface area contributed by atoms with Crippen LogP contribution in [0.15, 0.2) is 11.8 Å². The fraction of sp³-hybridized carbons (Fsp3) is 0.667. The third-order valence-corrected chi connectivity index (χ3v) is 1.20. The van der Waals surface area contributed by atoms with E-state index in [2.05, 4.69) is 18.3 Å². The molecule has 0 saturated carbocycles. The molecule has 1 heterocycles. The molecule has 0 unspecified atom stereocenters. The Morgan fingerprint density at radius 1 is 1.86 bits per heavy atom. The van der Waals surface area contributed by atoms with Crippen LogP contribution in [0.2, 0.25) is 0 Å². The zero-order chi connectivity index (χ0) is 5.11. The largest absolute Gasteiger partial charge is 0.388 e. The lowest BCUT2D eigenvalue weighted by atomic mass is 10.2. The molecular weight excluding hydrogens is 86.1 g/mol. The second kappa shape index (κ2) is 2.01. The van der Waals surface area contributed by atoms with Gasteiger partial charge in [-0.05, 0) is 6.42 Å². The molecule has 1 fully saturated rings. The van der Waals surface area contributed by atoms with Crippen molar-refractivity contribution in [3.63, 3.8) is 0 Å². The molecule has 1 N–H and O–H groups in total. The molecule has 1 saturated heterocycles. The predicted molar refractivity (Wildman–Crippen MR) is 31.0 cm³/mol. The fourth-order valence-electron chi connectivity index (χ4n) is 0.690. The van der Waals surface area contributed by atoms with Crippen LogP contribution in [0.25, 0.3) is 0 Å². The second-order valence-electron chi connectivity index (χ2n) is 1.81. The van der Waals surface area contributed by atoms with Crippen LogP contribution < -0.4 is 5.32 Å². The highest BCUT2D eigenvalue weighted by Crippen LogP contribution is 2.05. The van der Waals surface area contributed by atoms with Gasteiger partial charge in [0.25, 0.3) is 0 Å². The summed E-state index contributed by atoms with van der Waals surface area (Å²) in [4.78, 5) is 0. The van der Waals surface area contributed by atoms with Gasteiger partial charge in [0.1, 0.15) is 0 Å². The summed E-state index contributed by atoms with van der Waals surface area (Å²) in [5.41, 5.74) is 1.43. The third kappa shape index (κ3) is 0.952. The first kappa shape index (κ1) is 4.69. The minimum atomic E-state index is 1.17. The Hall–Kier alpha value is -0.460. The highest BCUT2D eigenvalue weighted by molar-refractivity contribution is 5.06. The molecule has 7 heavy (non-hydrogen) atoms. The lowest BCUT2D eigenvalue weighted by Crippen LogP contribution is -2.27. The summed E-state index contributed by atoms with van der Waals surface area (Å²) >= 11 is 0. The van der Waals surface area contributed by atoms with Crippen LogP contribution in [0.5, 0.6) is 0 Å². The van der Waals surface area contributed by atoms with Crippen molar-refractivity contribution in [1.29, 1.82) is 0 Å². The standard InChI is InChI=1S/C6H11N/c1-2-3-6-4-5-7-6/h3,7H,2,4-5H2,1H3/b6-3+. The summed E-state index contributed by atoms with van der Waals surface area (Å²) in [6.07, 6.45) is 4.68. The lowest BCUT2D eigenvalue weighted by molar-refractivity contribution is 0.628. The number of rotatable bonds is 1. The number of hydrogen-bond donors (Lipinski definition) is 1. The molecule has 1 aliphatic rings. The first-order chi connectivity index (χ1) is 3.43. The molecule has 0 atom stereocenters. The average Bonchev–Trinajstić information content (AvgIpc) is 1.55. The van der Waals surface area contributed by atoms with Crippen molar-refractivity contribution in [3.05, 3.63) is 11.8 Å². The molecule has 0 aromatic carbocycles. The monoisotopic (exact) mass is 97.1 g/mol. The normalized spacial score (nSPS) is 23.9. The van der Waals surface area contributed by atoms with Gasteiger partial charge in [-0.3, -0.25) is 0 Å². The quantitative estimate of drug-likeness (QED) is 0.519. The summed E-state index contributed by atoms with van der Waals surface area (Å²) in [5.74, 6) is 0. The van der Waals surface area contributed by atoms with Crippen molar-refractivity contribution in [3.8, 4) is 0 Å². The van der Waals surface area contributed by atoms with Crippen molar-refractivity contribution < 1.29 is 0 Å². The van der Waals surface area contributed by atoms with E-state index in [1.807, 2.05) is 0 Å². The van der Waals surface area contributed by atoms with E-state index in [0.717, 1.165) is 0 Å². The van der Waals surface area contributed by atoms with E-state index in [4.69, 9.17) is 0 Å². The molecule has 0 radical (unpaired) electrons. The summed E-state index contributed by atoms with van der Waals surface area (Å²) in [5, 5.41) is 3.21. The highest BCUT2D eigenvalue weighted by atomic mass is 14.9. The first-order valence-corrected chi connectivity index (χ1v) is 2.86. The van der Waals surface area contributed by atoms with Gasteiger partial charge in [0.05, 0.1) is 0 Å². The van der Waals surface area contributed by atoms with Gasteiger partial charge in [0.2, 0.25) is 0 Å². The van der Waals surface area contributed by atoms with Crippen molar-refractivity contribution in [2.75, 3.05) is 6.54 Å². The first-order valence-electron chi connectivity index (χ1n) is 2.86. The topological polar surface area (TPSA) is 12.0 Å². The van der Waals surface area contributed by atoms with Gasteiger partial charge in [0, 0.05) is 18.7 Å². The molecule has 1 heteroatoms. The lowest BCUT2D eigenvalue weighted by Gasteiger charge is -2.19. The molecule has 0 aliphatic carbocycles. The Morgan fingerprint density at radius 2 is 2.57 bits per heavy atom. The van der Waals surface area contributed by atoms with E-state index in [-0.39, 0.29) is 0 Å². The predicted octanol–water partition coefficient (Wildman–Crippen LogP) is 1.27. The zero-order valence-corrected chi connectivity index (χ0v) is 4.70. The van der Waals surface area contributed by atoms with E-state index < -0.39 is 0 Å². The highest BCUT2D eigenvalue weighted by Gasteiger charge is 2.02. The molecule has 1 aliphatic heterocycles. The average molecular weight is 97.2 g/mol. The van der Waals surface area contributed by atoms with Crippen LogP contribution in [-0.4, -0.2) is 6.54 Å². The van der Waals surface area contributed by atoms with Gasteiger partial charge in [-0.1, -0.05) is 13.0 Å². The molecule has 0 bridgehead atoms. The number of nitrogens with one attached hydrogen (secondary N) is 1. The van der Waals surface area contributed by atoms with Gasteiger partial charge < -0.3 is 5.32 Å². The molecule has 40 valence electrons. The van der Waals surface area contributed by atoms with Crippen molar-refractivity contribution in [2.24, 2.45) is 0 Å². The van der Waals surface area contributed by atoms with E-state index in [0.29, 0.717) is 0 Å². The fourth-order valence-corrected chi connectivity index (χ4v) is 0.690. The molecule has 0 spiro atoms. The summed E-state index contributed by atoms with van der Waals surface area (Å²) < 4.78 is 0. The van der Waals surface area contributed by atoms with E-state index >= 15 is 0 Å². The van der Waals surface area contributed by atoms with Crippen molar-refractivity contribution in [2.45, 2.75) is 19.8 Å². The Bertz CT molecular complexity index is 78.2. The van der Waals surface area contributed by atoms with E-state index in [9.17, 15) is 0 Å². The van der Waals surface area contributed by atoms with Gasteiger partial charge in [-0.25, -0.2) is 0 Å². The Labute approximate surface area is 44.4 Å². The second-order valence-corrected chi connectivity index (χ2v) is 1.81. The van der Waals surface area contributed by atoms with Crippen LogP contribution >= 0.6 is 0 Å². The van der Waals surface area contributed by atoms with E-state index in [1.165, 1.54) is 25.1 Å². The molecule has 1 rings (SSSR count). The van der Waals surface area contributed by atoms with Crippen molar-refractivity contribution in [1.82, 2.24) is 5.32 Å². The van der Waals surface area contributed by atoms with Crippen LogP contribution in [0.3, 0.4) is 0 Å². The molecule has 0 aromatic rings. The Kier molecular flexibility index (Phi) is 1.35. The summed E-state index contributed by atoms with van der Waals surface area (Å²) in [6, 6.07) is 0. The van der Waals surface area contributed by atoms with Crippen LogP contribution in [0.1, 0.15) is 19.8 Å². The Balaban J connectivity index is 2.23. The summed E-state index contributed by atoms with van der Waals surface area (Å²) in [7, 11) is 0. The van der Waals surface area contributed by atoms with Gasteiger partial charge in [0.15, 0.2) is 0 Å². The molecule has 1 nitrogen and oxygen atoms in total. The number of hydrogen-bond acceptors (Lipinski definition) is 1. The molecule has 0 aromatic heterocycles. The summed E-state index contributed by atoms with van der Waals surface area (Å²) in [6.45, 7) is 3.35.